The van der Waals surface area contributed by atoms with Crippen LogP contribution in [0.3, 0.4) is 0 Å². The highest BCUT2D eigenvalue weighted by Gasteiger charge is 1.90. The highest BCUT2D eigenvalue weighted by molar-refractivity contribution is 8.04. The first kappa shape index (κ1) is 11.2. The number of quaternary nitrogens is 1. The van der Waals surface area contributed by atoms with Crippen LogP contribution in [-0.4, -0.2) is 19.6 Å². The standard InChI is InChI=1S/C3H9NS2.HI/c1-4(5-2)6-3;/h1-3H3;1H. The minimum Gasteiger partial charge on any atom is -1.00 e. The molecule has 0 aromatic carbocycles. The van der Waals surface area contributed by atoms with Gasteiger partial charge in [-0.25, -0.2) is 3.71 Å². The van der Waals surface area contributed by atoms with Crippen LogP contribution < -0.4 is 27.7 Å². The minimum atomic E-state index is 0. The van der Waals surface area contributed by atoms with Crippen LogP contribution in [-0.2, 0) is 0 Å². The topological polar surface area (TPSA) is 4.44 Å². The lowest BCUT2D eigenvalue weighted by Gasteiger charge is -1.98. The van der Waals surface area contributed by atoms with E-state index in [0.717, 1.165) is 0 Å². The van der Waals surface area contributed by atoms with E-state index in [0.29, 0.717) is 0 Å². The van der Waals surface area contributed by atoms with Crippen molar-refractivity contribution >= 4 is 23.9 Å². The summed E-state index contributed by atoms with van der Waals surface area (Å²) in [7, 11) is 2.12. The van der Waals surface area contributed by atoms with Crippen LogP contribution in [0.4, 0.5) is 0 Å². The largest absolute Gasteiger partial charge is 1.00 e. The Bertz CT molecular complexity index is 32.1. The minimum absolute atomic E-state index is 0. The number of hydrogen-bond acceptors (Lipinski definition) is 2. The van der Waals surface area contributed by atoms with Crippen molar-refractivity contribution in [2.24, 2.45) is 0 Å². The normalized spacial score (nSPS) is 8.57. The van der Waals surface area contributed by atoms with Gasteiger partial charge in [0.2, 0.25) is 0 Å². The van der Waals surface area contributed by atoms with Crippen LogP contribution in [0, 0.1) is 0 Å². The van der Waals surface area contributed by atoms with Crippen molar-refractivity contribution in [2.75, 3.05) is 19.6 Å². The van der Waals surface area contributed by atoms with Crippen LogP contribution in [0.15, 0.2) is 0 Å². The summed E-state index contributed by atoms with van der Waals surface area (Å²) in [6, 6.07) is 0. The van der Waals surface area contributed by atoms with E-state index in [4.69, 9.17) is 0 Å². The highest BCUT2D eigenvalue weighted by atomic mass is 127. The second kappa shape index (κ2) is 7.39. The molecule has 0 aliphatic rings. The van der Waals surface area contributed by atoms with E-state index >= 15 is 0 Å². The van der Waals surface area contributed by atoms with Gasteiger partial charge in [-0.3, -0.25) is 0 Å². The van der Waals surface area contributed by atoms with Crippen molar-refractivity contribution in [3.05, 3.63) is 0 Å². The molecular formula is C3H10INS2. The maximum atomic E-state index is 2.12. The molecule has 0 bridgehead atoms. The fraction of sp³-hybridized carbons (Fsp3) is 1.00. The zero-order valence-corrected chi connectivity index (χ0v) is 8.48. The van der Waals surface area contributed by atoms with E-state index in [9.17, 15) is 0 Å². The zero-order chi connectivity index (χ0) is 4.99. The molecule has 0 spiro atoms. The van der Waals surface area contributed by atoms with Crippen molar-refractivity contribution in [1.29, 1.82) is 0 Å². The van der Waals surface area contributed by atoms with Crippen molar-refractivity contribution in [3.63, 3.8) is 0 Å². The Labute approximate surface area is 70.9 Å². The van der Waals surface area contributed by atoms with Gasteiger partial charge in [-0.1, -0.05) is 0 Å². The Balaban J connectivity index is 0. The molecule has 0 heterocycles. The van der Waals surface area contributed by atoms with E-state index in [1.807, 2.05) is 0 Å². The molecule has 0 amide bonds. The monoisotopic (exact) mass is 251 g/mol. The van der Waals surface area contributed by atoms with E-state index in [-0.39, 0.29) is 24.0 Å². The third-order valence-corrected chi connectivity index (χ3v) is 2.72. The van der Waals surface area contributed by atoms with Crippen LogP contribution in [0.2, 0.25) is 0 Å². The molecule has 46 valence electrons. The maximum Gasteiger partial charge on any atom is 0.0881 e. The first-order chi connectivity index (χ1) is 2.81. The number of rotatable bonds is 2. The average molecular weight is 251 g/mol. The molecule has 4 heteroatoms. The summed E-state index contributed by atoms with van der Waals surface area (Å²) < 4.78 is 1.43. The lowest BCUT2D eigenvalue weighted by atomic mass is 11.6. The van der Waals surface area contributed by atoms with Gasteiger partial charge in [0.05, 0.1) is 30.9 Å². The smallest absolute Gasteiger partial charge is 0.0881 e. The SMILES string of the molecule is CS[NH+](C)SC.[I-]. The molecule has 0 fully saturated rings. The van der Waals surface area contributed by atoms with Crippen LogP contribution in [0.1, 0.15) is 0 Å². The Morgan fingerprint density at radius 3 is 1.43 bits per heavy atom. The summed E-state index contributed by atoms with van der Waals surface area (Å²) in [6.07, 6.45) is 4.18. The third-order valence-electron chi connectivity index (χ3n) is 0.575. The Morgan fingerprint density at radius 1 is 1.14 bits per heavy atom. The van der Waals surface area contributed by atoms with Crippen molar-refractivity contribution in [3.8, 4) is 0 Å². The molecule has 0 radical (unpaired) electrons. The van der Waals surface area contributed by atoms with Gasteiger partial charge < -0.3 is 24.0 Å². The summed E-state index contributed by atoms with van der Waals surface area (Å²) in [5.41, 5.74) is 0. The Morgan fingerprint density at radius 2 is 1.43 bits per heavy atom. The second-order valence-electron chi connectivity index (χ2n) is 0.900. The number of hydrogen-bond donors (Lipinski definition) is 1. The average Bonchev–Trinajstić information content (AvgIpc) is 1.65. The summed E-state index contributed by atoms with van der Waals surface area (Å²) in [4.78, 5) is 0. The molecule has 0 aliphatic heterocycles. The quantitative estimate of drug-likeness (QED) is 0.414. The highest BCUT2D eigenvalue weighted by Crippen LogP contribution is 1.78. The van der Waals surface area contributed by atoms with Gasteiger partial charge in [-0.15, -0.1) is 0 Å². The maximum absolute atomic E-state index is 2.12. The fourth-order valence-electron chi connectivity index (χ4n) is 0.0833. The van der Waals surface area contributed by atoms with Gasteiger partial charge in [-0.05, 0) is 0 Å². The zero-order valence-electron chi connectivity index (χ0n) is 4.69. The van der Waals surface area contributed by atoms with Gasteiger partial charge in [0, 0.05) is 12.5 Å². The first-order valence-electron chi connectivity index (χ1n) is 1.72. The number of nitrogens with one attached hydrogen (secondary N) is 1. The van der Waals surface area contributed by atoms with Crippen LogP contribution in [0.25, 0.3) is 0 Å². The molecule has 0 saturated carbocycles. The summed E-state index contributed by atoms with van der Waals surface area (Å²) in [5.74, 6) is 0. The molecule has 0 unspecified atom stereocenters. The summed E-state index contributed by atoms with van der Waals surface area (Å²) >= 11 is 3.61. The van der Waals surface area contributed by atoms with Crippen molar-refractivity contribution in [2.45, 2.75) is 0 Å². The molecular weight excluding hydrogens is 241 g/mol. The molecule has 0 aromatic rings. The molecule has 1 nitrogen and oxygen atoms in total. The van der Waals surface area contributed by atoms with E-state index < -0.39 is 0 Å². The van der Waals surface area contributed by atoms with Crippen LogP contribution >= 0.6 is 23.9 Å². The molecule has 0 aliphatic carbocycles. The first-order valence-corrected chi connectivity index (χ1v) is 4.17. The third kappa shape index (κ3) is 7.39. The fourth-order valence-corrected chi connectivity index (χ4v) is 0.750. The molecule has 0 aromatic heterocycles. The lowest BCUT2D eigenvalue weighted by Crippen LogP contribution is -3.00. The molecule has 1 N–H and O–H groups in total. The summed E-state index contributed by atoms with van der Waals surface area (Å²) in [6.45, 7) is 0. The van der Waals surface area contributed by atoms with E-state index in [2.05, 4.69) is 19.6 Å². The van der Waals surface area contributed by atoms with Gasteiger partial charge in [0.1, 0.15) is 0 Å². The Kier molecular flexibility index (Phi) is 11.8. The number of halogens is 1. The predicted molar refractivity (Wildman–Crippen MR) is 33.9 cm³/mol. The Hall–Kier alpha value is 1.39. The summed E-state index contributed by atoms with van der Waals surface area (Å²) in [5, 5.41) is 0. The predicted octanol–water partition coefficient (Wildman–Crippen LogP) is -2.94. The van der Waals surface area contributed by atoms with E-state index in [1.54, 1.807) is 23.9 Å². The van der Waals surface area contributed by atoms with E-state index in [1.165, 1.54) is 3.71 Å². The lowest BCUT2D eigenvalue weighted by molar-refractivity contribution is -0.557. The van der Waals surface area contributed by atoms with Crippen molar-refractivity contribution in [1.82, 2.24) is 0 Å². The molecule has 0 atom stereocenters. The van der Waals surface area contributed by atoms with Gasteiger partial charge in [0.15, 0.2) is 0 Å². The van der Waals surface area contributed by atoms with Gasteiger partial charge >= 0.3 is 0 Å². The second-order valence-corrected chi connectivity index (χ2v) is 3.20. The van der Waals surface area contributed by atoms with Crippen molar-refractivity contribution < 1.29 is 27.7 Å². The molecule has 0 rings (SSSR count). The van der Waals surface area contributed by atoms with Gasteiger partial charge in [0.25, 0.3) is 0 Å². The molecule has 7 heavy (non-hydrogen) atoms. The molecule has 0 saturated heterocycles. The van der Waals surface area contributed by atoms with Gasteiger partial charge in [-0.2, -0.15) is 0 Å². The van der Waals surface area contributed by atoms with Crippen LogP contribution in [0.5, 0.6) is 0 Å².